The van der Waals surface area contributed by atoms with Crippen molar-refractivity contribution < 1.29 is 32.2 Å². The normalized spacial score (nSPS) is 22.0. The Morgan fingerprint density at radius 3 is 2.58 bits per heavy atom. The third kappa shape index (κ3) is 2.09. The van der Waals surface area contributed by atoms with Crippen LogP contribution in [0.25, 0.3) is 0 Å². The van der Waals surface area contributed by atoms with Crippen LogP contribution in [0.3, 0.4) is 0 Å². The lowest BCUT2D eigenvalue weighted by molar-refractivity contribution is -0.320. The van der Waals surface area contributed by atoms with E-state index in [1.807, 2.05) is 5.32 Å². The predicted molar refractivity (Wildman–Crippen MR) is 56.3 cm³/mol. The minimum Gasteiger partial charge on any atom is -0.435 e. The van der Waals surface area contributed by atoms with Crippen molar-refractivity contribution in [3.8, 4) is 5.75 Å². The van der Waals surface area contributed by atoms with E-state index in [2.05, 4.69) is 9.47 Å². The molecule has 1 heterocycles. The van der Waals surface area contributed by atoms with Gasteiger partial charge < -0.3 is 14.8 Å². The van der Waals surface area contributed by atoms with Gasteiger partial charge >= 0.3 is 23.8 Å². The van der Waals surface area contributed by atoms with Gasteiger partial charge in [-0.1, -0.05) is 12.1 Å². The SMILES string of the molecule is CC(=O)O[C@]1(C(F)(F)F)Oc2ccccc2NC1=O. The van der Waals surface area contributed by atoms with E-state index < -0.39 is 23.8 Å². The number of para-hydroxylation sites is 2. The number of rotatable bonds is 1. The number of hydrogen-bond acceptors (Lipinski definition) is 4. The van der Waals surface area contributed by atoms with Crippen LogP contribution in [0, 0.1) is 0 Å². The number of benzene rings is 1. The van der Waals surface area contributed by atoms with Gasteiger partial charge in [-0.2, -0.15) is 13.2 Å². The Morgan fingerprint density at radius 2 is 2.00 bits per heavy atom. The topological polar surface area (TPSA) is 64.6 Å². The van der Waals surface area contributed by atoms with Gasteiger partial charge in [-0.05, 0) is 12.1 Å². The van der Waals surface area contributed by atoms with Crippen LogP contribution in [0.5, 0.6) is 5.75 Å². The maximum Gasteiger partial charge on any atom is 0.478 e. The van der Waals surface area contributed by atoms with Crippen LogP contribution in [0.1, 0.15) is 6.92 Å². The highest BCUT2D eigenvalue weighted by atomic mass is 19.4. The van der Waals surface area contributed by atoms with Gasteiger partial charge in [0, 0.05) is 6.92 Å². The molecule has 1 atom stereocenters. The lowest BCUT2D eigenvalue weighted by Gasteiger charge is -2.36. The molecular formula is C11H8F3NO4. The van der Waals surface area contributed by atoms with E-state index in [0.717, 1.165) is 6.92 Å². The van der Waals surface area contributed by atoms with Crippen LogP contribution in [-0.2, 0) is 14.3 Å². The largest absolute Gasteiger partial charge is 0.478 e. The summed E-state index contributed by atoms with van der Waals surface area (Å²) < 4.78 is 47.9. The summed E-state index contributed by atoms with van der Waals surface area (Å²) in [4.78, 5) is 22.5. The molecule has 1 aromatic rings. The van der Waals surface area contributed by atoms with E-state index in [0.29, 0.717) is 0 Å². The van der Waals surface area contributed by atoms with Crippen LogP contribution in [0.4, 0.5) is 18.9 Å². The molecule has 1 N–H and O–H groups in total. The first-order chi connectivity index (χ1) is 8.76. The Hall–Kier alpha value is -2.25. The van der Waals surface area contributed by atoms with Crippen LogP contribution >= 0.6 is 0 Å². The smallest absolute Gasteiger partial charge is 0.435 e. The van der Waals surface area contributed by atoms with Crippen molar-refractivity contribution in [3.05, 3.63) is 24.3 Å². The zero-order valence-electron chi connectivity index (χ0n) is 9.58. The zero-order chi connectivity index (χ0) is 14.3. The lowest BCUT2D eigenvalue weighted by Crippen LogP contribution is -2.63. The molecule has 0 fully saturated rings. The average Bonchev–Trinajstić information content (AvgIpc) is 2.27. The number of nitrogens with one attached hydrogen (secondary N) is 1. The Kier molecular flexibility index (Phi) is 2.88. The molecular weight excluding hydrogens is 267 g/mol. The van der Waals surface area contributed by atoms with Crippen molar-refractivity contribution in [2.75, 3.05) is 5.32 Å². The molecule has 0 saturated carbocycles. The Bertz CT molecular complexity index is 543. The van der Waals surface area contributed by atoms with Gasteiger partial charge in [-0.15, -0.1) is 0 Å². The Labute approximate surface area is 105 Å². The number of halogens is 3. The van der Waals surface area contributed by atoms with Crippen molar-refractivity contribution in [2.24, 2.45) is 0 Å². The van der Waals surface area contributed by atoms with Gasteiger partial charge in [0.2, 0.25) is 0 Å². The molecule has 1 aromatic carbocycles. The Balaban J connectivity index is 2.51. The van der Waals surface area contributed by atoms with Crippen molar-refractivity contribution in [1.29, 1.82) is 0 Å². The van der Waals surface area contributed by atoms with Crippen molar-refractivity contribution >= 4 is 17.6 Å². The third-order valence-corrected chi connectivity index (χ3v) is 2.35. The second-order valence-corrected chi connectivity index (χ2v) is 3.76. The van der Waals surface area contributed by atoms with Crippen LogP contribution in [0.2, 0.25) is 0 Å². The second kappa shape index (κ2) is 4.15. The number of anilines is 1. The van der Waals surface area contributed by atoms with Gasteiger partial charge in [0.25, 0.3) is 0 Å². The molecule has 2 rings (SSSR count). The maximum atomic E-state index is 13.0. The monoisotopic (exact) mass is 275 g/mol. The van der Waals surface area contributed by atoms with Gasteiger partial charge in [0.15, 0.2) is 0 Å². The number of amides is 1. The first-order valence-corrected chi connectivity index (χ1v) is 5.12. The molecule has 102 valence electrons. The van der Waals surface area contributed by atoms with Crippen molar-refractivity contribution in [1.82, 2.24) is 0 Å². The highest BCUT2D eigenvalue weighted by molar-refractivity contribution is 6.01. The summed E-state index contributed by atoms with van der Waals surface area (Å²) in [6.07, 6.45) is -5.21. The van der Waals surface area contributed by atoms with Gasteiger partial charge in [-0.25, -0.2) is 0 Å². The van der Waals surface area contributed by atoms with E-state index in [4.69, 9.17) is 0 Å². The number of alkyl halides is 3. The minimum atomic E-state index is -5.21. The minimum absolute atomic E-state index is 0.0690. The molecule has 19 heavy (non-hydrogen) atoms. The number of hydrogen-bond donors (Lipinski definition) is 1. The molecule has 8 heteroatoms. The van der Waals surface area contributed by atoms with Gasteiger partial charge in [-0.3, -0.25) is 9.59 Å². The number of esters is 1. The van der Waals surface area contributed by atoms with E-state index in [1.54, 1.807) is 0 Å². The van der Waals surface area contributed by atoms with Crippen LogP contribution in [-0.4, -0.2) is 23.8 Å². The van der Waals surface area contributed by atoms with E-state index >= 15 is 0 Å². The van der Waals surface area contributed by atoms with E-state index in [-0.39, 0.29) is 11.4 Å². The van der Waals surface area contributed by atoms with Crippen LogP contribution in [0.15, 0.2) is 24.3 Å². The second-order valence-electron chi connectivity index (χ2n) is 3.76. The van der Waals surface area contributed by atoms with Crippen molar-refractivity contribution in [3.63, 3.8) is 0 Å². The van der Waals surface area contributed by atoms with E-state index in [1.165, 1.54) is 24.3 Å². The highest BCUT2D eigenvalue weighted by Crippen LogP contribution is 2.42. The van der Waals surface area contributed by atoms with E-state index in [9.17, 15) is 22.8 Å². The molecule has 1 aliphatic heterocycles. The summed E-state index contributed by atoms with van der Waals surface area (Å²) in [5, 5.41) is 2.00. The molecule has 0 spiro atoms. The molecule has 1 aliphatic rings. The summed E-state index contributed by atoms with van der Waals surface area (Å²) >= 11 is 0. The summed E-state index contributed by atoms with van der Waals surface area (Å²) in [7, 11) is 0. The lowest BCUT2D eigenvalue weighted by atomic mass is 10.1. The summed E-state index contributed by atoms with van der Waals surface area (Å²) in [5.41, 5.74) is 0.0690. The number of carbonyl (C=O) groups is 2. The summed E-state index contributed by atoms with van der Waals surface area (Å²) in [6.45, 7) is 0.755. The van der Waals surface area contributed by atoms with Crippen molar-refractivity contribution in [2.45, 2.75) is 18.9 Å². The number of fused-ring (bicyclic) bond motifs is 1. The molecule has 0 aliphatic carbocycles. The molecule has 0 unspecified atom stereocenters. The fourth-order valence-electron chi connectivity index (χ4n) is 1.58. The fraction of sp³-hybridized carbons (Fsp3) is 0.273. The number of ether oxygens (including phenoxy) is 2. The average molecular weight is 275 g/mol. The molecule has 0 saturated heterocycles. The molecule has 5 nitrogen and oxygen atoms in total. The molecule has 0 radical (unpaired) electrons. The number of carbonyl (C=O) groups excluding carboxylic acids is 2. The van der Waals surface area contributed by atoms with Crippen LogP contribution < -0.4 is 10.1 Å². The standard InChI is InChI=1S/C11H8F3NO4/c1-6(16)18-10(11(12,13)14)9(17)15-7-4-2-3-5-8(7)19-10/h2-5H,1H3,(H,15,17)/t10-/m0/s1. The zero-order valence-corrected chi connectivity index (χ0v) is 9.58. The van der Waals surface area contributed by atoms with Gasteiger partial charge in [0.1, 0.15) is 5.75 Å². The summed E-state index contributed by atoms with van der Waals surface area (Å²) in [6, 6.07) is 5.51. The fourth-order valence-corrected chi connectivity index (χ4v) is 1.58. The quantitative estimate of drug-likeness (QED) is 0.794. The highest BCUT2D eigenvalue weighted by Gasteiger charge is 2.69. The molecule has 0 bridgehead atoms. The first kappa shape index (κ1) is 13.2. The maximum absolute atomic E-state index is 13.0. The predicted octanol–water partition coefficient (Wildman–Crippen LogP) is 1.84. The summed E-state index contributed by atoms with van der Waals surface area (Å²) in [5.74, 6) is -6.78. The molecule has 0 aromatic heterocycles. The van der Waals surface area contributed by atoms with Gasteiger partial charge in [0.05, 0.1) is 5.69 Å². The first-order valence-electron chi connectivity index (χ1n) is 5.12. The third-order valence-electron chi connectivity index (χ3n) is 2.35. The molecule has 1 amide bonds. The Morgan fingerprint density at radius 1 is 1.37 bits per heavy atom.